The highest BCUT2D eigenvalue weighted by molar-refractivity contribution is 6.31. The maximum atomic E-state index is 12.6. The predicted octanol–water partition coefficient (Wildman–Crippen LogP) is 4.38. The second-order valence-electron chi connectivity index (χ2n) is 6.22. The van der Waals surface area contributed by atoms with E-state index < -0.39 is 6.09 Å². The quantitative estimate of drug-likeness (QED) is 0.579. The van der Waals surface area contributed by atoms with Gasteiger partial charge >= 0.3 is 6.09 Å². The number of nitrogens with zero attached hydrogens (tertiary/aromatic N) is 1. The number of carbonyl (C=O) groups excluding carboxylic acids is 2. The Balaban J connectivity index is 1.77. The molecule has 3 rings (SSSR count). The second kappa shape index (κ2) is 8.84. The van der Waals surface area contributed by atoms with Crippen molar-refractivity contribution >= 4 is 29.6 Å². The van der Waals surface area contributed by atoms with Crippen molar-refractivity contribution in [3.05, 3.63) is 70.3 Å². The molecule has 2 aromatic rings. The number of allylic oxidation sites excluding steroid dienone is 1. The molecule has 0 N–H and O–H groups in total. The molecule has 140 valence electrons. The number of hydrogen-bond donors (Lipinski definition) is 0. The summed E-state index contributed by atoms with van der Waals surface area (Å²) in [5, 5.41) is 0.397. The number of benzene rings is 2. The van der Waals surface area contributed by atoms with Crippen LogP contribution in [0, 0.1) is 6.92 Å². The normalized spacial score (nSPS) is 14.4. The Morgan fingerprint density at radius 2 is 1.81 bits per heavy atom. The smallest absolute Gasteiger partial charge is 0.409 e. The van der Waals surface area contributed by atoms with Gasteiger partial charge in [-0.1, -0.05) is 47.5 Å². The van der Waals surface area contributed by atoms with Gasteiger partial charge in [-0.25, -0.2) is 4.79 Å². The molecule has 1 fully saturated rings. The standard InChI is InChI=1S/C21H20ClNO4/c1-15-2-4-16(5-3-15)6-8-19(24)18-14-17(22)7-9-20(18)27-21(25)23-10-12-26-13-11-23/h2-9,14H,10-13H2,1H3. The van der Waals surface area contributed by atoms with E-state index >= 15 is 0 Å². The first-order valence-electron chi connectivity index (χ1n) is 8.66. The zero-order valence-corrected chi connectivity index (χ0v) is 15.7. The van der Waals surface area contributed by atoms with Crippen molar-refractivity contribution < 1.29 is 19.1 Å². The van der Waals surface area contributed by atoms with Crippen molar-refractivity contribution in [2.75, 3.05) is 26.3 Å². The molecule has 0 aliphatic carbocycles. The number of amides is 1. The summed E-state index contributed by atoms with van der Waals surface area (Å²) in [4.78, 5) is 26.5. The molecular formula is C21H20ClNO4. The molecule has 1 aliphatic rings. The molecule has 0 saturated carbocycles. The van der Waals surface area contributed by atoms with Crippen molar-refractivity contribution in [2.24, 2.45) is 0 Å². The topological polar surface area (TPSA) is 55.8 Å². The first kappa shape index (κ1) is 19.1. The lowest BCUT2D eigenvalue weighted by Crippen LogP contribution is -2.42. The highest BCUT2D eigenvalue weighted by atomic mass is 35.5. The first-order chi connectivity index (χ1) is 13.0. The van der Waals surface area contributed by atoms with Crippen molar-refractivity contribution in [3.8, 4) is 5.75 Å². The molecule has 6 heteroatoms. The van der Waals surface area contributed by atoms with Crippen molar-refractivity contribution in [2.45, 2.75) is 6.92 Å². The minimum absolute atomic E-state index is 0.189. The van der Waals surface area contributed by atoms with Gasteiger partial charge in [0.05, 0.1) is 18.8 Å². The predicted molar refractivity (Wildman–Crippen MR) is 104 cm³/mol. The fraction of sp³-hybridized carbons (Fsp3) is 0.238. The monoisotopic (exact) mass is 385 g/mol. The number of rotatable bonds is 4. The van der Waals surface area contributed by atoms with Crippen molar-refractivity contribution in [1.82, 2.24) is 4.90 Å². The summed E-state index contributed by atoms with van der Waals surface area (Å²) >= 11 is 6.04. The Hall–Kier alpha value is -2.63. The van der Waals surface area contributed by atoms with Gasteiger partial charge in [0.2, 0.25) is 0 Å². The van der Waals surface area contributed by atoms with Crippen LogP contribution in [-0.4, -0.2) is 43.1 Å². The summed E-state index contributed by atoms with van der Waals surface area (Å²) in [5.74, 6) is -0.0997. The molecule has 2 aromatic carbocycles. The minimum Gasteiger partial charge on any atom is -0.409 e. The lowest BCUT2D eigenvalue weighted by molar-refractivity contribution is 0.0415. The van der Waals surface area contributed by atoms with Gasteiger partial charge in [0.1, 0.15) is 5.75 Å². The van der Waals surface area contributed by atoms with E-state index in [0.717, 1.165) is 11.1 Å². The molecular weight excluding hydrogens is 366 g/mol. The van der Waals surface area contributed by atoms with Crippen LogP contribution in [-0.2, 0) is 4.74 Å². The molecule has 0 spiro atoms. The largest absolute Gasteiger partial charge is 0.415 e. The zero-order valence-electron chi connectivity index (χ0n) is 15.0. The van der Waals surface area contributed by atoms with E-state index in [-0.39, 0.29) is 17.1 Å². The molecule has 1 amide bonds. The van der Waals surface area contributed by atoms with Crippen LogP contribution >= 0.6 is 11.6 Å². The van der Waals surface area contributed by atoms with Gasteiger partial charge in [0.15, 0.2) is 5.78 Å². The highest BCUT2D eigenvalue weighted by Crippen LogP contribution is 2.25. The van der Waals surface area contributed by atoms with E-state index in [4.69, 9.17) is 21.1 Å². The summed E-state index contributed by atoms with van der Waals surface area (Å²) < 4.78 is 10.7. The molecule has 1 saturated heterocycles. The summed E-state index contributed by atoms with van der Waals surface area (Å²) in [7, 11) is 0. The lowest BCUT2D eigenvalue weighted by Gasteiger charge is -2.26. The lowest BCUT2D eigenvalue weighted by atomic mass is 10.1. The van der Waals surface area contributed by atoms with Crippen LogP contribution in [0.2, 0.25) is 5.02 Å². The zero-order chi connectivity index (χ0) is 19.2. The van der Waals surface area contributed by atoms with Gasteiger partial charge in [-0.2, -0.15) is 0 Å². The van der Waals surface area contributed by atoms with Crippen LogP contribution in [0.1, 0.15) is 21.5 Å². The SMILES string of the molecule is Cc1ccc(C=CC(=O)c2cc(Cl)ccc2OC(=O)N2CCOCC2)cc1. The molecule has 1 heterocycles. The molecule has 0 unspecified atom stereocenters. The third-order valence-corrected chi connectivity index (χ3v) is 4.41. The van der Waals surface area contributed by atoms with Gasteiger partial charge in [-0.05, 0) is 36.8 Å². The second-order valence-corrected chi connectivity index (χ2v) is 6.65. The Morgan fingerprint density at radius 1 is 1.11 bits per heavy atom. The number of hydrogen-bond acceptors (Lipinski definition) is 4. The summed E-state index contributed by atoms with van der Waals surface area (Å²) in [6, 6.07) is 12.4. The Morgan fingerprint density at radius 3 is 2.52 bits per heavy atom. The summed E-state index contributed by atoms with van der Waals surface area (Å²) in [5.41, 5.74) is 2.29. The number of carbonyl (C=O) groups is 2. The number of ketones is 1. The Labute approximate surface area is 163 Å². The van der Waals surface area contributed by atoms with Crippen molar-refractivity contribution in [3.63, 3.8) is 0 Å². The van der Waals surface area contributed by atoms with Crippen LogP contribution in [0.5, 0.6) is 5.75 Å². The number of aryl methyl sites for hydroxylation is 1. The molecule has 27 heavy (non-hydrogen) atoms. The Kier molecular flexibility index (Phi) is 6.27. The van der Waals surface area contributed by atoms with Crippen molar-refractivity contribution in [1.29, 1.82) is 0 Å². The van der Waals surface area contributed by atoms with Gasteiger partial charge in [-0.15, -0.1) is 0 Å². The first-order valence-corrected chi connectivity index (χ1v) is 9.04. The fourth-order valence-electron chi connectivity index (χ4n) is 2.63. The van der Waals surface area contributed by atoms with Crippen LogP contribution in [0.25, 0.3) is 6.08 Å². The van der Waals surface area contributed by atoms with E-state index in [1.54, 1.807) is 17.0 Å². The molecule has 0 aromatic heterocycles. The van der Waals surface area contributed by atoms with E-state index in [2.05, 4.69) is 0 Å². The highest BCUT2D eigenvalue weighted by Gasteiger charge is 2.21. The van der Waals surface area contributed by atoms with Gasteiger partial charge in [-0.3, -0.25) is 4.79 Å². The number of morpholine rings is 1. The van der Waals surface area contributed by atoms with Crippen LogP contribution in [0.3, 0.4) is 0 Å². The number of halogens is 1. The molecule has 1 aliphatic heterocycles. The maximum absolute atomic E-state index is 12.6. The third kappa shape index (κ3) is 5.18. The van der Waals surface area contributed by atoms with Gasteiger partial charge in [0, 0.05) is 18.1 Å². The van der Waals surface area contributed by atoms with E-state index in [1.807, 2.05) is 31.2 Å². The summed E-state index contributed by atoms with van der Waals surface area (Å²) in [6.45, 7) is 3.87. The van der Waals surface area contributed by atoms with E-state index in [0.29, 0.717) is 31.3 Å². The van der Waals surface area contributed by atoms with E-state index in [1.165, 1.54) is 18.2 Å². The summed E-state index contributed by atoms with van der Waals surface area (Å²) in [6.07, 6.45) is 2.66. The molecule has 0 bridgehead atoms. The molecule has 0 radical (unpaired) electrons. The minimum atomic E-state index is -0.503. The molecule has 0 atom stereocenters. The maximum Gasteiger partial charge on any atom is 0.415 e. The average molecular weight is 386 g/mol. The van der Waals surface area contributed by atoms with Crippen LogP contribution < -0.4 is 4.74 Å². The number of ether oxygens (including phenoxy) is 2. The fourth-order valence-corrected chi connectivity index (χ4v) is 2.80. The average Bonchev–Trinajstić information content (AvgIpc) is 2.69. The van der Waals surface area contributed by atoms with Gasteiger partial charge in [0.25, 0.3) is 0 Å². The van der Waals surface area contributed by atoms with Crippen LogP contribution in [0.15, 0.2) is 48.5 Å². The molecule has 5 nitrogen and oxygen atoms in total. The van der Waals surface area contributed by atoms with Gasteiger partial charge < -0.3 is 14.4 Å². The Bertz CT molecular complexity index is 855. The third-order valence-electron chi connectivity index (χ3n) is 4.18. The van der Waals surface area contributed by atoms with E-state index in [9.17, 15) is 9.59 Å². The van der Waals surface area contributed by atoms with Crippen LogP contribution in [0.4, 0.5) is 4.79 Å².